The number of carbonyl (C=O) groups is 1. The summed E-state index contributed by atoms with van der Waals surface area (Å²) in [6, 6.07) is -0.129. The second-order valence-corrected chi connectivity index (χ2v) is 5.08. The van der Waals surface area contributed by atoms with Crippen LogP contribution in [0.5, 0.6) is 5.88 Å². The van der Waals surface area contributed by atoms with Crippen LogP contribution in [0.3, 0.4) is 0 Å². The van der Waals surface area contributed by atoms with Crippen molar-refractivity contribution in [1.82, 2.24) is 14.5 Å². The summed E-state index contributed by atoms with van der Waals surface area (Å²) in [7, 11) is 0. The first-order valence-electron chi connectivity index (χ1n) is 5.84. The maximum Gasteiger partial charge on any atom is 0.329 e. The number of aromatic amines is 1. The van der Waals surface area contributed by atoms with Crippen LogP contribution < -0.4 is 5.69 Å². The first-order chi connectivity index (χ1) is 8.00. The summed E-state index contributed by atoms with van der Waals surface area (Å²) in [5, 5.41) is 9.70. The summed E-state index contributed by atoms with van der Waals surface area (Å²) in [5.41, 5.74) is 0.293. The Bertz CT molecular complexity index is 543. The molecule has 92 valence electrons. The molecule has 1 saturated heterocycles. The zero-order valence-electron chi connectivity index (χ0n) is 9.80. The summed E-state index contributed by atoms with van der Waals surface area (Å²) < 4.78 is 1.59. The van der Waals surface area contributed by atoms with Crippen LogP contribution in [0, 0.1) is 5.92 Å². The van der Waals surface area contributed by atoms with E-state index < -0.39 is 0 Å². The highest BCUT2D eigenvalue weighted by molar-refractivity contribution is 5.79. The molecule has 0 spiro atoms. The smallest absolute Gasteiger partial charge is 0.329 e. The fraction of sp³-hybridized carbons (Fsp3) is 0.636. The molecule has 6 heteroatoms. The molecule has 0 aromatic carbocycles. The average Bonchev–Trinajstić information content (AvgIpc) is 2.89. The molecule has 2 unspecified atom stereocenters. The number of nitrogens with zero attached hydrogens (tertiary/aromatic N) is 2. The molecule has 1 aromatic heterocycles. The third-order valence-corrected chi connectivity index (χ3v) is 3.68. The predicted molar refractivity (Wildman–Crippen MR) is 59.7 cm³/mol. The van der Waals surface area contributed by atoms with Crippen molar-refractivity contribution in [2.75, 3.05) is 6.54 Å². The molecule has 2 bridgehead atoms. The second kappa shape index (κ2) is 3.15. The third-order valence-electron chi connectivity index (χ3n) is 3.68. The van der Waals surface area contributed by atoms with E-state index in [-0.39, 0.29) is 35.5 Å². The molecule has 2 aliphatic heterocycles. The summed E-state index contributed by atoms with van der Waals surface area (Å²) in [6.45, 7) is 4.29. The molecule has 6 nitrogen and oxygen atoms in total. The van der Waals surface area contributed by atoms with Crippen molar-refractivity contribution in [3.8, 4) is 5.88 Å². The number of likely N-dealkylation sites (tertiary alicyclic amines) is 1. The van der Waals surface area contributed by atoms with Crippen molar-refractivity contribution in [2.24, 2.45) is 5.92 Å². The number of H-pyrrole nitrogens is 1. The van der Waals surface area contributed by atoms with Crippen LogP contribution in [0.15, 0.2) is 4.79 Å². The van der Waals surface area contributed by atoms with Gasteiger partial charge in [-0.1, -0.05) is 13.8 Å². The molecule has 2 N–H and O–H groups in total. The van der Waals surface area contributed by atoms with Crippen LogP contribution in [-0.2, 0) is 4.79 Å². The van der Waals surface area contributed by atoms with Gasteiger partial charge < -0.3 is 10.0 Å². The van der Waals surface area contributed by atoms with E-state index in [4.69, 9.17) is 0 Å². The number of aromatic hydroxyl groups is 1. The van der Waals surface area contributed by atoms with Gasteiger partial charge in [-0.05, 0) is 6.42 Å². The van der Waals surface area contributed by atoms with E-state index in [2.05, 4.69) is 4.98 Å². The lowest BCUT2D eigenvalue weighted by Crippen LogP contribution is -2.39. The molecule has 17 heavy (non-hydrogen) atoms. The number of amides is 1. The van der Waals surface area contributed by atoms with E-state index in [0.717, 1.165) is 6.42 Å². The molecule has 0 radical (unpaired) electrons. The van der Waals surface area contributed by atoms with Crippen LogP contribution in [0.25, 0.3) is 0 Å². The lowest BCUT2D eigenvalue weighted by atomic mass is 10.1. The number of nitrogens with one attached hydrogen (secondary N) is 1. The first-order valence-corrected chi connectivity index (χ1v) is 5.84. The van der Waals surface area contributed by atoms with E-state index in [1.54, 1.807) is 9.47 Å². The van der Waals surface area contributed by atoms with Gasteiger partial charge in [0.1, 0.15) is 5.69 Å². The van der Waals surface area contributed by atoms with E-state index in [1.807, 2.05) is 13.8 Å². The van der Waals surface area contributed by atoms with Crippen molar-refractivity contribution in [2.45, 2.75) is 32.4 Å². The van der Waals surface area contributed by atoms with Gasteiger partial charge in [0.05, 0.1) is 12.1 Å². The number of carbonyl (C=O) groups excluding carboxylic acids is 1. The Kier molecular flexibility index (Phi) is 1.93. The molecule has 0 aliphatic carbocycles. The monoisotopic (exact) mass is 237 g/mol. The van der Waals surface area contributed by atoms with Crippen molar-refractivity contribution in [1.29, 1.82) is 0 Å². The summed E-state index contributed by atoms with van der Waals surface area (Å²) in [6.07, 6.45) is 0.741. The Morgan fingerprint density at radius 2 is 2.24 bits per heavy atom. The Hall–Kier alpha value is -1.72. The number of aromatic nitrogens is 2. The van der Waals surface area contributed by atoms with Gasteiger partial charge in [-0.3, -0.25) is 14.3 Å². The number of imidazole rings is 1. The zero-order valence-corrected chi connectivity index (χ0v) is 9.80. The second-order valence-electron chi connectivity index (χ2n) is 5.08. The SMILES string of the molecule is CC(C)C(=O)N1CC2CC1c1c(O)[nH]c(=O)n12. The van der Waals surface area contributed by atoms with E-state index >= 15 is 0 Å². The van der Waals surface area contributed by atoms with Crippen molar-refractivity contribution >= 4 is 5.91 Å². The Labute approximate surface area is 97.9 Å². The average molecular weight is 237 g/mol. The highest BCUT2D eigenvalue weighted by Gasteiger charge is 2.48. The Morgan fingerprint density at radius 3 is 2.88 bits per heavy atom. The normalized spacial score (nSPS) is 25.7. The fourth-order valence-electron chi connectivity index (χ4n) is 2.97. The largest absolute Gasteiger partial charge is 0.493 e. The van der Waals surface area contributed by atoms with Gasteiger partial charge in [-0.15, -0.1) is 0 Å². The minimum absolute atomic E-state index is 0.0161. The summed E-state index contributed by atoms with van der Waals surface area (Å²) >= 11 is 0. The summed E-state index contributed by atoms with van der Waals surface area (Å²) in [5.74, 6) is -0.0730. The van der Waals surface area contributed by atoms with Crippen LogP contribution in [0.1, 0.15) is 38.0 Å². The first kappa shape index (κ1) is 10.4. The lowest BCUT2D eigenvalue weighted by Gasteiger charge is -2.29. The van der Waals surface area contributed by atoms with E-state index in [1.165, 1.54) is 0 Å². The minimum atomic E-state index is -0.276. The Morgan fingerprint density at radius 1 is 1.53 bits per heavy atom. The maximum atomic E-state index is 12.0. The van der Waals surface area contributed by atoms with Crippen molar-refractivity contribution < 1.29 is 9.90 Å². The van der Waals surface area contributed by atoms with Crippen LogP contribution in [-0.4, -0.2) is 32.0 Å². The number of hydrogen-bond donors (Lipinski definition) is 2. The molecule has 1 aromatic rings. The quantitative estimate of drug-likeness (QED) is 0.740. The van der Waals surface area contributed by atoms with Gasteiger partial charge in [0.15, 0.2) is 0 Å². The highest BCUT2D eigenvalue weighted by atomic mass is 16.3. The van der Waals surface area contributed by atoms with E-state index in [9.17, 15) is 14.7 Å². The van der Waals surface area contributed by atoms with Gasteiger partial charge in [0.2, 0.25) is 11.8 Å². The van der Waals surface area contributed by atoms with Gasteiger partial charge >= 0.3 is 5.69 Å². The maximum absolute atomic E-state index is 12.0. The fourth-order valence-corrected chi connectivity index (χ4v) is 2.97. The van der Waals surface area contributed by atoms with Gasteiger partial charge in [0, 0.05) is 12.5 Å². The standard InChI is InChI=1S/C11H15N3O3/c1-5(2)10(16)13-4-6-3-7(13)8-9(15)12-11(17)14(6)8/h5-7,15H,3-4H2,1-2H3,(H,12,17). The molecular formula is C11H15N3O3. The topological polar surface area (TPSA) is 78.3 Å². The van der Waals surface area contributed by atoms with Crippen molar-refractivity contribution in [3.63, 3.8) is 0 Å². The van der Waals surface area contributed by atoms with Gasteiger partial charge in [0.25, 0.3) is 0 Å². The number of fused-ring (bicyclic) bond motifs is 5. The molecule has 1 amide bonds. The third kappa shape index (κ3) is 1.20. The van der Waals surface area contributed by atoms with Crippen LogP contribution in [0.4, 0.5) is 0 Å². The molecule has 2 aliphatic rings. The molecular weight excluding hydrogens is 222 g/mol. The molecule has 3 heterocycles. The zero-order chi connectivity index (χ0) is 12.3. The highest BCUT2D eigenvalue weighted by Crippen LogP contribution is 2.47. The van der Waals surface area contributed by atoms with Crippen LogP contribution in [0.2, 0.25) is 0 Å². The Balaban J connectivity index is 2.03. The lowest BCUT2D eigenvalue weighted by molar-refractivity contribution is -0.136. The molecule has 2 atom stereocenters. The molecule has 0 saturated carbocycles. The molecule has 3 rings (SSSR count). The number of hydrogen-bond acceptors (Lipinski definition) is 3. The van der Waals surface area contributed by atoms with Gasteiger partial charge in [-0.25, -0.2) is 4.79 Å². The van der Waals surface area contributed by atoms with Crippen LogP contribution >= 0.6 is 0 Å². The number of rotatable bonds is 1. The van der Waals surface area contributed by atoms with Gasteiger partial charge in [-0.2, -0.15) is 0 Å². The summed E-state index contributed by atoms with van der Waals surface area (Å²) in [4.78, 5) is 27.8. The van der Waals surface area contributed by atoms with E-state index in [0.29, 0.717) is 12.2 Å². The van der Waals surface area contributed by atoms with Crippen molar-refractivity contribution in [3.05, 3.63) is 16.2 Å². The predicted octanol–water partition coefficient (Wildman–Crippen LogP) is 0.366. The minimum Gasteiger partial charge on any atom is -0.493 e. The molecule has 1 fully saturated rings.